The quantitative estimate of drug-likeness (QED) is 0.334. The number of likely N-dealkylation sites (N-methyl/N-ethyl adjacent to an activating group) is 1. The number of hydrogen-bond acceptors (Lipinski definition) is 6. The lowest BCUT2D eigenvalue weighted by molar-refractivity contribution is -0.384. The molecule has 2 amide bonds. The molecule has 2 rings (SSSR count). The molecule has 0 aliphatic rings. The first-order valence-corrected chi connectivity index (χ1v) is 10.3. The fourth-order valence-corrected chi connectivity index (χ4v) is 3.08. The molecule has 0 saturated carbocycles. The second-order valence-corrected chi connectivity index (χ2v) is 7.97. The summed E-state index contributed by atoms with van der Waals surface area (Å²) in [4.78, 5) is 48.8. The summed E-state index contributed by atoms with van der Waals surface area (Å²) in [6, 6.07) is 8.22. The highest BCUT2D eigenvalue weighted by Crippen LogP contribution is 2.23. The second-order valence-electron chi connectivity index (χ2n) is 7.57. The van der Waals surface area contributed by atoms with E-state index in [1.165, 1.54) is 30.1 Å². The van der Waals surface area contributed by atoms with Gasteiger partial charge in [0.2, 0.25) is 0 Å². The van der Waals surface area contributed by atoms with Crippen LogP contribution in [0.1, 0.15) is 29.8 Å². The average Bonchev–Trinajstić information content (AvgIpc) is 2.76. The molecule has 2 aromatic carbocycles. The van der Waals surface area contributed by atoms with Crippen molar-refractivity contribution in [1.29, 1.82) is 0 Å². The lowest BCUT2D eigenvalue weighted by atomic mass is 10.0. The third-order valence-electron chi connectivity index (χ3n) is 4.74. The van der Waals surface area contributed by atoms with Crippen molar-refractivity contribution in [2.45, 2.75) is 26.4 Å². The number of nitrogens with zero attached hydrogens (tertiary/aromatic N) is 2. The summed E-state index contributed by atoms with van der Waals surface area (Å²) < 4.78 is 18.8. The number of carbonyl (C=O) groups is 3. The molecule has 0 aromatic heterocycles. The topological polar surface area (TPSA) is 119 Å². The smallest absolute Gasteiger partial charge is 0.329 e. The summed E-state index contributed by atoms with van der Waals surface area (Å²) in [6.45, 7) is 2.72. The van der Waals surface area contributed by atoms with Gasteiger partial charge in [-0.25, -0.2) is 9.18 Å². The molecule has 0 saturated heterocycles. The highest BCUT2D eigenvalue weighted by atomic mass is 35.5. The monoisotopic (exact) mass is 479 g/mol. The maximum Gasteiger partial charge on any atom is 0.329 e. The summed E-state index contributed by atoms with van der Waals surface area (Å²) >= 11 is 5.97. The number of non-ortho nitro benzene ring substituents is 1. The van der Waals surface area contributed by atoms with E-state index in [1.54, 1.807) is 26.0 Å². The normalized spacial score (nSPS) is 11.6. The zero-order chi connectivity index (χ0) is 24.7. The highest BCUT2D eigenvalue weighted by Gasteiger charge is 2.28. The van der Waals surface area contributed by atoms with Crippen LogP contribution in [-0.4, -0.2) is 47.3 Å². The van der Waals surface area contributed by atoms with Gasteiger partial charge in [0.15, 0.2) is 6.61 Å². The van der Waals surface area contributed by atoms with E-state index < -0.39 is 47.1 Å². The van der Waals surface area contributed by atoms with Gasteiger partial charge in [0.05, 0.1) is 15.5 Å². The van der Waals surface area contributed by atoms with Crippen LogP contribution in [0.4, 0.5) is 10.1 Å². The number of esters is 1. The SMILES string of the molecule is CC(C)[C@H](NC(=O)c1ccc([N+](=O)[O-])cc1Cl)C(=O)OCC(=O)N(C)Cc1ccccc1F. The molecule has 0 unspecified atom stereocenters. The van der Waals surface area contributed by atoms with Gasteiger partial charge in [-0.2, -0.15) is 0 Å². The number of amides is 2. The van der Waals surface area contributed by atoms with Crippen LogP contribution in [-0.2, 0) is 20.9 Å². The van der Waals surface area contributed by atoms with Crippen LogP contribution in [0.25, 0.3) is 0 Å². The number of halogens is 2. The van der Waals surface area contributed by atoms with E-state index >= 15 is 0 Å². The summed E-state index contributed by atoms with van der Waals surface area (Å²) in [5.41, 5.74) is -0.0252. The molecule has 0 spiro atoms. The number of nitro groups is 1. The van der Waals surface area contributed by atoms with Crippen molar-refractivity contribution in [2.75, 3.05) is 13.7 Å². The number of nitrogens with one attached hydrogen (secondary N) is 1. The molecular formula is C22H23ClFN3O6. The minimum Gasteiger partial charge on any atom is -0.454 e. The first kappa shape index (κ1) is 25.7. The zero-order valence-electron chi connectivity index (χ0n) is 18.2. The van der Waals surface area contributed by atoms with Gasteiger partial charge in [-0.1, -0.05) is 43.6 Å². The Balaban J connectivity index is 1.99. The summed E-state index contributed by atoms with van der Waals surface area (Å²) in [6.07, 6.45) is 0. The Hall–Kier alpha value is -3.53. The minimum absolute atomic E-state index is 0.00789. The van der Waals surface area contributed by atoms with Crippen LogP contribution in [0, 0.1) is 21.8 Å². The van der Waals surface area contributed by atoms with Gasteiger partial charge in [0.1, 0.15) is 11.9 Å². The van der Waals surface area contributed by atoms with Crippen LogP contribution in [0.2, 0.25) is 5.02 Å². The maximum absolute atomic E-state index is 13.8. The molecule has 1 N–H and O–H groups in total. The number of carbonyl (C=O) groups excluding carboxylic acids is 3. The van der Waals surface area contributed by atoms with Crippen LogP contribution in [0.5, 0.6) is 0 Å². The molecule has 1 atom stereocenters. The molecule has 0 fully saturated rings. The van der Waals surface area contributed by atoms with Crippen molar-refractivity contribution >= 4 is 35.1 Å². The molecule has 9 nitrogen and oxygen atoms in total. The molecule has 0 aliphatic carbocycles. The standard InChI is InChI=1S/C22H23ClFN3O6/c1-13(2)20(25-21(29)16-9-8-15(27(31)32)10-17(16)23)22(30)33-12-19(28)26(3)11-14-6-4-5-7-18(14)24/h4-10,13,20H,11-12H2,1-3H3,(H,25,29)/t20-/m0/s1. The number of hydrogen-bond donors (Lipinski definition) is 1. The first-order valence-electron chi connectivity index (χ1n) is 9.90. The van der Waals surface area contributed by atoms with Crippen molar-refractivity contribution < 1.29 is 28.4 Å². The van der Waals surface area contributed by atoms with Crippen LogP contribution in [0.3, 0.4) is 0 Å². The molecule has 33 heavy (non-hydrogen) atoms. The van der Waals surface area contributed by atoms with Gasteiger partial charge < -0.3 is 15.0 Å². The van der Waals surface area contributed by atoms with Crippen LogP contribution < -0.4 is 5.32 Å². The number of ether oxygens (including phenoxy) is 1. The van der Waals surface area contributed by atoms with E-state index in [9.17, 15) is 28.9 Å². The van der Waals surface area contributed by atoms with Gasteiger partial charge in [-0.15, -0.1) is 0 Å². The summed E-state index contributed by atoms with van der Waals surface area (Å²) in [5.74, 6) is -2.98. The zero-order valence-corrected chi connectivity index (χ0v) is 19.0. The van der Waals surface area contributed by atoms with Crippen LogP contribution >= 0.6 is 11.6 Å². The van der Waals surface area contributed by atoms with E-state index in [4.69, 9.17) is 16.3 Å². The van der Waals surface area contributed by atoms with Crippen molar-refractivity contribution in [3.63, 3.8) is 0 Å². The predicted molar refractivity (Wildman–Crippen MR) is 118 cm³/mol. The molecule has 0 bridgehead atoms. The third-order valence-corrected chi connectivity index (χ3v) is 5.06. The number of benzene rings is 2. The lowest BCUT2D eigenvalue weighted by Crippen LogP contribution is -2.46. The van der Waals surface area contributed by atoms with Crippen molar-refractivity contribution in [3.8, 4) is 0 Å². The molecule has 11 heteroatoms. The average molecular weight is 480 g/mol. The molecule has 176 valence electrons. The van der Waals surface area contributed by atoms with Gasteiger partial charge in [-0.05, 0) is 18.1 Å². The lowest BCUT2D eigenvalue weighted by Gasteiger charge is -2.22. The fraction of sp³-hybridized carbons (Fsp3) is 0.318. The van der Waals surface area contributed by atoms with Gasteiger partial charge in [0.25, 0.3) is 17.5 Å². The van der Waals surface area contributed by atoms with E-state index in [2.05, 4.69) is 5.32 Å². The van der Waals surface area contributed by atoms with Crippen molar-refractivity contribution in [3.05, 3.63) is 74.5 Å². The molecule has 2 aromatic rings. The maximum atomic E-state index is 13.8. The molecular weight excluding hydrogens is 457 g/mol. The third kappa shape index (κ3) is 6.98. The largest absolute Gasteiger partial charge is 0.454 e. The van der Waals surface area contributed by atoms with Crippen LogP contribution in [0.15, 0.2) is 42.5 Å². The van der Waals surface area contributed by atoms with Crippen molar-refractivity contribution in [1.82, 2.24) is 10.2 Å². The first-order chi connectivity index (χ1) is 15.5. The van der Waals surface area contributed by atoms with Gasteiger partial charge in [-0.3, -0.25) is 19.7 Å². The van der Waals surface area contributed by atoms with E-state index in [0.29, 0.717) is 5.56 Å². The van der Waals surface area contributed by atoms with E-state index in [0.717, 1.165) is 12.1 Å². The number of rotatable bonds is 9. The van der Waals surface area contributed by atoms with Gasteiger partial charge in [0, 0.05) is 31.3 Å². The Morgan fingerprint density at radius 3 is 2.45 bits per heavy atom. The summed E-state index contributed by atoms with van der Waals surface area (Å²) in [5, 5.41) is 13.1. The number of nitro benzene ring substituents is 1. The fourth-order valence-electron chi connectivity index (χ4n) is 2.82. The van der Waals surface area contributed by atoms with E-state index in [-0.39, 0.29) is 22.8 Å². The molecule has 0 aliphatic heterocycles. The molecule has 0 heterocycles. The Bertz CT molecular complexity index is 1060. The van der Waals surface area contributed by atoms with Gasteiger partial charge >= 0.3 is 5.97 Å². The highest BCUT2D eigenvalue weighted by molar-refractivity contribution is 6.34. The second kappa shape index (κ2) is 11.4. The predicted octanol–water partition coefficient (Wildman–Crippen LogP) is 3.34. The summed E-state index contributed by atoms with van der Waals surface area (Å²) in [7, 11) is 1.45. The Morgan fingerprint density at radius 2 is 1.88 bits per heavy atom. The Kier molecular flexibility index (Phi) is 8.86. The van der Waals surface area contributed by atoms with Crippen molar-refractivity contribution in [2.24, 2.45) is 5.92 Å². The molecule has 0 radical (unpaired) electrons. The minimum atomic E-state index is -1.10. The van der Waals surface area contributed by atoms with E-state index in [1.807, 2.05) is 0 Å². The Morgan fingerprint density at radius 1 is 1.21 bits per heavy atom. The Labute approximate surface area is 194 Å².